The second kappa shape index (κ2) is 19.3. The van der Waals surface area contributed by atoms with E-state index in [1.165, 1.54) is 0 Å². The molecule has 5 aromatic rings. The molecule has 12 nitrogen and oxygen atoms in total. The Balaban J connectivity index is 1.20. The number of rotatable bonds is 18. The zero-order chi connectivity index (χ0) is 40.5. The third kappa shape index (κ3) is 10.6. The zero-order valence-electron chi connectivity index (χ0n) is 32.7. The van der Waals surface area contributed by atoms with Crippen LogP contribution in [-0.4, -0.2) is 82.2 Å². The lowest BCUT2D eigenvalue weighted by atomic mass is 9.90. The largest absolute Gasteiger partial charge is 0.488 e. The topological polar surface area (TPSA) is 159 Å². The molecule has 3 heterocycles. The number of aliphatic carboxylic acids is 1. The van der Waals surface area contributed by atoms with E-state index in [9.17, 15) is 15.0 Å². The number of methoxy groups -OCH3 is 1. The number of carbonyl (C=O) groups is 1. The molecule has 0 unspecified atom stereocenters. The minimum atomic E-state index is -1.05. The summed E-state index contributed by atoms with van der Waals surface area (Å²) in [6.07, 6.45) is 2.62. The van der Waals surface area contributed by atoms with Gasteiger partial charge in [0, 0.05) is 80.5 Å². The number of carboxylic acid groups (broad SMARTS) is 1. The summed E-state index contributed by atoms with van der Waals surface area (Å²) < 4.78 is 18.4. The Hall–Kier alpha value is -5.24. The first kappa shape index (κ1) is 41.4. The van der Waals surface area contributed by atoms with Crippen LogP contribution in [0, 0.1) is 13.8 Å². The zero-order valence-corrected chi connectivity index (χ0v) is 33.5. The van der Waals surface area contributed by atoms with Crippen molar-refractivity contribution in [3.05, 3.63) is 118 Å². The SMILES string of the molecule is CNc1cncc(COc2cc(OCc3cccc(-c4cccc(-c5ccc(CNC[C@@H](O)CC(=O)O)c(OC)n5)c4C)c3C)c(Cl)cc2CN2CC[C@@H](O)C2)c1. The minimum absolute atomic E-state index is 0.132. The fourth-order valence-electron chi connectivity index (χ4n) is 7.08. The van der Waals surface area contributed by atoms with Gasteiger partial charge in [-0.1, -0.05) is 54.1 Å². The summed E-state index contributed by atoms with van der Waals surface area (Å²) in [5.41, 5.74) is 10.5. The number of ether oxygens (including phenoxy) is 3. The molecule has 2 atom stereocenters. The second-order valence-electron chi connectivity index (χ2n) is 14.3. The number of benzene rings is 3. The number of halogens is 1. The van der Waals surface area contributed by atoms with E-state index in [2.05, 4.69) is 52.6 Å². The molecule has 3 aromatic carbocycles. The average molecular weight is 796 g/mol. The maximum Gasteiger partial charge on any atom is 0.306 e. The van der Waals surface area contributed by atoms with E-state index in [0.29, 0.717) is 48.6 Å². The first-order chi connectivity index (χ1) is 27.5. The first-order valence-electron chi connectivity index (χ1n) is 19.0. The van der Waals surface area contributed by atoms with Gasteiger partial charge in [0.2, 0.25) is 5.88 Å². The summed E-state index contributed by atoms with van der Waals surface area (Å²) in [5, 5.41) is 35.6. The van der Waals surface area contributed by atoms with Crippen molar-refractivity contribution in [3.63, 3.8) is 0 Å². The number of aliphatic hydroxyl groups excluding tert-OH is 2. The minimum Gasteiger partial charge on any atom is -0.488 e. The van der Waals surface area contributed by atoms with Crippen molar-refractivity contribution in [1.82, 2.24) is 20.2 Å². The molecule has 300 valence electrons. The summed E-state index contributed by atoms with van der Waals surface area (Å²) in [4.78, 5) is 22.2. The molecule has 2 aromatic heterocycles. The molecule has 57 heavy (non-hydrogen) atoms. The fourth-order valence-corrected chi connectivity index (χ4v) is 7.32. The molecule has 0 spiro atoms. The molecular formula is C44H50ClN5O7. The summed E-state index contributed by atoms with van der Waals surface area (Å²) in [5.74, 6) is 0.567. The van der Waals surface area contributed by atoms with Crippen molar-refractivity contribution in [3.8, 4) is 39.8 Å². The number of anilines is 1. The molecule has 0 aliphatic carbocycles. The molecule has 1 saturated heterocycles. The van der Waals surface area contributed by atoms with Crippen molar-refractivity contribution in [2.24, 2.45) is 0 Å². The average Bonchev–Trinajstić information content (AvgIpc) is 3.61. The lowest BCUT2D eigenvalue weighted by Gasteiger charge is -2.20. The maximum absolute atomic E-state index is 10.9. The van der Waals surface area contributed by atoms with Gasteiger partial charge in [0.05, 0.1) is 42.1 Å². The van der Waals surface area contributed by atoms with Crippen LogP contribution in [0.5, 0.6) is 17.4 Å². The Morgan fingerprint density at radius 3 is 2.44 bits per heavy atom. The van der Waals surface area contributed by atoms with Crippen LogP contribution in [0.3, 0.4) is 0 Å². The van der Waals surface area contributed by atoms with Gasteiger partial charge in [-0.2, -0.15) is 0 Å². The summed E-state index contributed by atoms with van der Waals surface area (Å²) in [6.45, 7) is 7.23. The van der Waals surface area contributed by atoms with Gasteiger partial charge >= 0.3 is 5.97 Å². The van der Waals surface area contributed by atoms with Gasteiger partial charge in [-0.25, -0.2) is 4.98 Å². The Bertz CT molecular complexity index is 2180. The van der Waals surface area contributed by atoms with Gasteiger partial charge in [0.25, 0.3) is 0 Å². The molecule has 13 heteroatoms. The van der Waals surface area contributed by atoms with Crippen LogP contribution in [0.2, 0.25) is 5.02 Å². The van der Waals surface area contributed by atoms with E-state index in [4.69, 9.17) is 35.9 Å². The summed E-state index contributed by atoms with van der Waals surface area (Å²) >= 11 is 6.87. The van der Waals surface area contributed by atoms with Gasteiger partial charge in [-0.15, -0.1) is 0 Å². The fraction of sp³-hybridized carbons (Fsp3) is 0.341. The number of likely N-dealkylation sites (tertiary alicyclic amines) is 1. The van der Waals surface area contributed by atoms with Crippen molar-refractivity contribution in [2.45, 2.75) is 65.2 Å². The normalized spacial score (nSPS) is 14.7. The highest BCUT2D eigenvalue weighted by molar-refractivity contribution is 6.32. The predicted octanol–water partition coefficient (Wildman–Crippen LogP) is 6.78. The molecule has 0 bridgehead atoms. The number of carboxylic acids is 1. The molecule has 1 aliphatic rings. The highest BCUT2D eigenvalue weighted by Crippen LogP contribution is 2.37. The lowest BCUT2D eigenvalue weighted by Crippen LogP contribution is -2.28. The van der Waals surface area contributed by atoms with E-state index < -0.39 is 12.1 Å². The van der Waals surface area contributed by atoms with Crippen LogP contribution in [0.15, 0.2) is 79.1 Å². The third-order valence-corrected chi connectivity index (χ3v) is 10.5. The smallest absolute Gasteiger partial charge is 0.306 e. The van der Waals surface area contributed by atoms with Crippen molar-refractivity contribution < 1.29 is 34.3 Å². The predicted molar refractivity (Wildman–Crippen MR) is 221 cm³/mol. The van der Waals surface area contributed by atoms with E-state index in [1.54, 1.807) is 19.5 Å². The summed E-state index contributed by atoms with van der Waals surface area (Å²) in [7, 11) is 3.41. The first-order valence-corrected chi connectivity index (χ1v) is 19.3. The Kier molecular flexibility index (Phi) is 14.0. The van der Waals surface area contributed by atoms with Crippen LogP contribution in [0.25, 0.3) is 22.4 Å². The molecular weight excluding hydrogens is 746 g/mol. The van der Waals surface area contributed by atoms with Gasteiger partial charge < -0.3 is 40.2 Å². The Morgan fingerprint density at radius 1 is 0.947 bits per heavy atom. The number of hydrogen-bond acceptors (Lipinski definition) is 11. The van der Waals surface area contributed by atoms with Gasteiger partial charge in [-0.05, 0) is 66.3 Å². The van der Waals surface area contributed by atoms with Crippen LogP contribution in [-0.2, 0) is 31.1 Å². The number of hydrogen-bond donors (Lipinski definition) is 5. The van der Waals surface area contributed by atoms with E-state index >= 15 is 0 Å². The number of aromatic nitrogens is 2. The number of nitrogens with zero attached hydrogens (tertiary/aromatic N) is 3. The van der Waals surface area contributed by atoms with Gasteiger partial charge in [0.1, 0.15) is 24.7 Å². The molecule has 5 N–H and O–H groups in total. The van der Waals surface area contributed by atoms with Gasteiger partial charge in [0.15, 0.2) is 0 Å². The van der Waals surface area contributed by atoms with E-state index in [-0.39, 0.29) is 25.7 Å². The summed E-state index contributed by atoms with van der Waals surface area (Å²) in [6, 6.07) is 22.0. The quantitative estimate of drug-likeness (QED) is 0.0634. The second-order valence-corrected chi connectivity index (χ2v) is 14.7. The lowest BCUT2D eigenvalue weighted by molar-refractivity contribution is -0.139. The van der Waals surface area contributed by atoms with E-state index in [0.717, 1.165) is 74.4 Å². The van der Waals surface area contributed by atoms with Crippen LogP contribution in [0.4, 0.5) is 5.69 Å². The molecule has 1 aliphatic heterocycles. The molecule has 0 amide bonds. The Labute approximate surface area is 338 Å². The van der Waals surface area contributed by atoms with Gasteiger partial charge in [-0.3, -0.25) is 14.7 Å². The van der Waals surface area contributed by atoms with Crippen molar-refractivity contribution >= 4 is 23.3 Å². The third-order valence-electron chi connectivity index (χ3n) is 10.2. The molecule has 0 saturated carbocycles. The maximum atomic E-state index is 10.9. The molecule has 0 radical (unpaired) electrons. The molecule has 6 rings (SSSR count). The number of β-amino-alcohol motifs (C(OH)–C–C–N with tert-alkyl or cyclic N) is 1. The molecule has 1 fully saturated rings. The van der Waals surface area contributed by atoms with Crippen molar-refractivity contribution in [1.29, 1.82) is 0 Å². The standard InChI is InChI=1S/C44H50ClN5O7/c1-27-31(26-57-42-18-41(56-25-29-15-33(46-3)21-47-19-29)32(16-39(42)45)23-50-14-13-34(51)24-50)7-5-8-36(27)37-9-6-10-38(28(37)2)40-12-11-30(44(49-40)55-4)20-48-22-35(52)17-43(53)54/h5-12,15-16,18-19,21,34-35,46,48,51-52H,13-14,17,20,22-26H2,1-4H3,(H,53,54)/t34-,35+/m1/s1. The van der Waals surface area contributed by atoms with Crippen LogP contribution < -0.4 is 24.8 Å². The number of pyridine rings is 2. The highest BCUT2D eigenvalue weighted by Gasteiger charge is 2.23. The monoisotopic (exact) mass is 795 g/mol. The Morgan fingerprint density at radius 2 is 1.70 bits per heavy atom. The highest BCUT2D eigenvalue weighted by atomic mass is 35.5. The van der Waals surface area contributed by atoms with E-state index in [1.807, 2.05) is 55.6 Å². The van der Waals surface area contributed by atoms with Crippen LogP contribution in [0.1, 0.15) is 46.2 Å². The van der Waals surface area contributed by atoms with Crippen LogP contribution >= 0.6 is 11.6 Å². The number of nitrogens with one attached hydrogen (secondary N) is 2. The van der Waals surface area contributed by atoms with Crippen molar-refractivity contribution in [2.75, 3.05) is 39.1 Å². The number of aliphatic hydroxyl groups is 2.